The van der Waals surface area contributed by atoms with Gasteiger partial charge in [-0.1, -0.05) is 6.07 Å². The molecule has 0 saturated carbocycles. The largest absolute Gasteiger partial charge is 0.388 e. The van der Waals surface area contributed by atoms with Gasteiger partial charge < -0.3 is 10.8 Å². The molecule has 0 radical (unpaired) electrons. The molecule has 21 heavy (non-hydrogen) atoms. The average Bonchev–Trinajstić information content (AvgIpc) is 2.38. The molecule has 0 aliphatic heterocycles. The van der Waals surface area contributed by atoms with Gasteiger partial charge in [0.1, 0.15) is 18.0 Å². The number of nitrogens with zero attached hydrogens (tertiary/aromatic N) is 2. The van der Waals surface area contributed by atoms with Gasteiger partial charge in [-0.15, -0.1) is 12.4 Å². The highest BCUT2D eigenvalue weighted by Crippen LogP contribution is 2.31. The molecule has 7 heteroatoms. The summed E-state index contributed by atoms with van der Waals surface area (Å²) in [5.41, 5.74) is 5.56. The predicted octanol–water partition coefficient (Wildman–Crippen LogP) is 2.47. The topological polar surface area (TPSA) is 72.0 Å². The van der Waals surface area contributed by atoms with Gasteiger partial charge in [-0.3, -0.25) is 0 Å². The molecular weight excluding hydrogens is 300 g/mol. The van der Waals surface area contributed by atoms with Gasteiger partial charge >= 0.3 is 0 Å². The highest BCUT2D eigenvalue weighted by atomic mass is 35.5. The lowest BCUT2D eigenvalue weighted by atomic mass is 9.85. The molecule has 0 saturated heterocycles. The third-order valence-corrected chi connectivity index (χ3v) is 3.13. The fourth-order valence-corrected chi connectivity index (χ4v) is 2.06. The maximum atomic E-state index is 13.8. The number of halogens is 3. The molecule has 3 N–H and O–H groups in total. The number of rotatable bonds is 4. The first kappa shape index (κ1) is 17.4. The second kappa shape index (κ2) is 6.89. The molecule has 0 spiro atoms. The maximum Gasteiger partial charge on any atom is 0.131 e. The van der Waals surface area contributed by atoms with Crippen molar-refractivity contribution in [2.45, 2.75) is 25.0 Å². The SMILES string of the molecule is C[C@](N)(C[C@@H](O)c1cncnc1)c1ccc(F)cc1F.Cl. The summed E-state index contributed by atoms with van der Waals surface area (Å²) in [4.78, 5) is 7.60. The molecule has 0 unspecified atom stereocenters. The highest BCUT2D eigenvalue weighted by Gasteiger charge is 2.28. The summed E-state index contributed by atoms with van der Waals surface area (Å²) < 4.78 is 26.7. The lowest BCUT2D eigenvalue weighted by Crippen LogP contribution is -2.36. The molecule has 0 aliphatic rings. The van der Waals surface area contributed by atoms with E-state index in [0.717, 1.165) is 12.1 Å². The maximum absolute atomic E-state index is 13.8. The van der Waals surface area contributed by atoms with E-state index in [0.29, 0.717) is 5.56 Å². The summed E-state index contributed by atoms with van der Waals surface area (Å²) >= 11 is 0. The molecule has 114 valence electrons. The minimum Gasteiger partial charge on any atom is -0.388 e. The van der Waals surface area contributed by atoms with E-state index in [1.807, 2.05) is 0 Å². The van der Waals surface area contributed by atoms with Crippen molar-refractivity contribution in [1.29, 1.82) is 0 Å². The van der Waals surface area contributed by atoms with E-state index in [2.05, 4.69) is 9.97 Å². The van der Waals surface area contributed by atoms with Crippen molar-refractivity contribution in [3.63, 3.8) is 0 Å². The number of nitrogens with two attached hydrogens (primary N) is 1. The van der Waals surface area contributed by atoms with E-state index in [4.69, 9.17) is 5.73 Å². The van der Waals surface area contributed by atoms with Gasteiger partial charge in [0, 0.05) is 35.1 Å². The van der Waals surface area contributed by atoms with Crippen molar-refractivity contribution < 1.29 is 13.9 Å². The molecule has 2 atom stereocenters. The van der Waals surface area contributed by atoms with E-state index in [1.54, 1.807) is 6.92 Å². The van der Waals surface area contributed by atoms with Crippen LogP contribution in [-0.4, -0.2) is 15.1 Å². The number of hydrogen-bond donors (Lipinski definition) is 2. The van der Waals surface area contributed by atoms with Crippen LogP contribution in [0.15, 0.2) is 36.9 Å². The second-order valence-electron chi connectivity index (χ2n) is 4.93. The van der Waals surface area contributed by atoms with E-state index in [-0.39, 0.29) is 24.4 Å². The lowest BCUT2D eigenvalue weighted by molar-refractivity contribution is 0.135. The van der Waals surface area contributed by atoms with Crippen molar-refractivity contribution in [2.24, 2.45) is 5.73 Å². The predicted molar refractivity (Wildman–Crippen MR) is 76.8 cm³/mol. The average molecular weight is 316 g/mol. The zero-order valence-electron chi connectivity index (χ0n) is 11.3. The fourth-order valence-electron chi connectivity index (χ4n) is 2.06. The molecule has 0 amide bonds. The Kier molecular flexibility index (Phi) is 5.71. The minimum atomic E-state index is -1.15. The third-order valence-electron chi connectivity index (χ3n) is 3.13. The Morgan fingerprint density at radius 2 is 1.90 bits per heavy atom. The minimum absolute atomic E-state index is 0. The van der Waals surface area contributed by atoms with Gasteiger partial charge in [0.25, 0.3) is 0 Å². The van der Waals surface area contributed by atoms with Crippen LogP contribution in [0.4, 0.5) is 8.78 Å². The van der Waals surface area contributed by atoms with E-state index in [9.17, 15) is 13.9 Å². The van der Waals surface area contributed by atoms with E-state index in [1.165, 1.54) is 24.8 Å². The van der Waals surface area contributed by atoms with Crippen molar-refractivity contribution in [3.8, 4) is 0 Å². The Morgan fingerprint density at radius 1 is 1.29 bits per heavy atom. The first-order valence-corrected chi connectivity index (χ1v) is 6.07. The Hall–Kier alpha value is -1.63. The van der Waals surface area contributed by atoms with Crippen molar-refractivity contribution >= 4 is 12.4 Å². The number of hydrogen-bond acceptors (Lipinski definition) is 4. The molecular formula is C14H16ClF2N3O. The van der Waals surface area contributed by atoms with Gasteiger partial charge in [-0.25, -0.2) is 18.7 Å². The molecule has 0 aliphatic carbocycles. The van der Waals surface area contributed by atoms with Gasteiger partial charge in [0.15, 0.2) is 0 Å². The van der Waals surface area contributed by atoms with Gasteiger partial charge in [-0.05, 0) is 19.4 Å². The van der Waals surface area contributed by atoms with Crippen LogP contribution in [0.25, 0.3) is 0 Å². The summed E-state index contributed by atoms with van der Waals surface area (Å²) in [5, 5.41) is 10.1. The molecule has 0 bridgehead atoms. The summed E-state index contributed by atoms with van der Waals surface area (Å²) in [6, 6.07) is 3.21. The molecule has 1 heterocycles. The number of aliphatic hydroxyl groups excluding tert-OH is 1. The normalized spacial score (nSPS) is 14.9. The Morgan fingerprint density at radius 3 is 2.48 bits per heavy atom. The number of benzene rings is 1. The van der Waals surface area contributed by atoms with Crippen LogP contribution in [0.5, 0.6) is 0 Å². The van der Waals surface area contributed by atoms with Crippen LogP contribution < -0.4 is 5.73 Å². The summed E-state index contributed by atoms with van der Waals surface area (Å²) in [6.07, 6.45) is 3.40. The molecule has 2 rings (SSSR count). The molecule has 2 aromatic rings. The smallest absolute Gasteiger partial charge is 0.131 e. The zero-order chi connectivity index (χ0) is 14.8. The van der Waals surface area contributed by atoms with Crippen molar-refractivity contribution in [1.82, 2.24) is 9.97 Å². The first-order chi connectivity index (χ1) is 9.40. The van der Waals surface area contributed by atoms with Crippen LogP contribution in [0.1, 0.15) is 30.6 Å². The van der Waals surface area contributed by atoms with Crippen LogP contribution in [0.2, 0.25) is 0 Å². The standard InChI is InChI=1S/C14H15F2N3O.ClH/c1-14(17,11-3-2-10(15)4-12(11)16)5-13(20)9-6-18-8-19-7-9;/h2-4,6-8,13,20H,5,17H2,1H3;1H/t13-,14+;/m1./s1. The van der Waals surface area contributed by atoms with Gasteiger partial charge in [0.05, 0.1) is 6.10 Å². The van der Waals surface area contributed by atoms with Gasteiger partial charge in [0.2, 0.25) is 0 Å². The number of aromatic nitrogens is 2. The zero-order valence-corrected chi connectivity index (χ0v) is 12.1. The Balaban J connectivity index is 0.00000220. The van der Waals surface area contributed by atoms with Crippen LogP contribution in [-0.2, 0) is 5.54 Å². The van der Waals surface area contributed by atoms with Crippen LogP contribution >= 0.6 is 12.4 Å². The van der Waals surface area contributed by atoms with E-state index < -0.39 is 23.3 Å². The molecule has 1 aromatic carbocycles. The quantitative estimate of drug-likeness (QED) is 0.909. The Labute approximate surface area is 127 Å². The Bertz CT molecular complexity index is 596. The van der Waals surface area contributed by atoms with Gasteiger partial charge in [-0.2, -0.15) is 0 Å². The van der Waals surface area contributed by atoms with Crippen molar-refractivity contribution in [2.75, 3.05) is 0 Å². The van der Waals surface area contributed by atoms with Crippen LogP contribution in [0, 0.1) is 11.6 Å². The van der Waals surface area contributed by atoms with Crippen LogP contribution in [0.3, 0.4) is 0 Å². The highest BCUT2D eigenvalue weighted by molar-refractivity contribution is 5.85. The second-order valence-corrected chi connectivity index (χ2v) is 4.93. The summed E-state index contributed by atoms with van der Waals surface area (Å²) in [7, 11) is 0. The summed E-state index contributed by atoms with van der Waals surface area (Å²) in [5.74, 6) is -1.40. The number of aliphatic hydroxyl groups is 1. The van der Waals surface area contributed by atoms with E-state index >= 15 is 0 Å². The molecule has 1 aromatic heterocycles. The monoisotopic (exact) mass is 315 g/mol. The van der Waals surface area contributed by atoms with Crippen molar-refractivity contribution in [3.05, 3.63) is 59.7 Å². The third kappa shape index (κ3) is 4.17. The molecule has 0 fully saturated rings. The summed E-state index contributed by atoms with van der Waals surface area (Å²) in [6.45, 7) is 1.58. The fraction of sp³-hybridized carbons (Fsp3) is 0.286. The molecule has 4 nitrogen and oxygen atoms in total. The first-order valence-electron chi connectivity index (χ1n) is 6.07. The lowest BCUT2D eigenvalue weighted by Gasteiger charge is -2.28.